The normalized spacial score (nSPS) is 23.2. The summed E-state index contributed by atoms with van der Waals surface area (Å²) in [5.74, 6) is 0.847. The Hall–Kier alpha value is -2.61. The molecule has 1 heterocycles. The first-order chi connectivity index (χ1) is 17.8. The van der Waals surface area contributed by atoms with Gasteiger partial charge in [0, 0.05) is 34.7 Å². The number of hydrogen-bond donors (Lipinski definition) is 1. The van der Waals surface area contributed by atoms with E-state index >= 15 is 0 Å². The highest BCUT2D eigenvalue weighted by Crippen LogP contribution is 2.44. The first kappa shape index (κ1) is 26.0. The van der Waals surface area contributed by atoms with Crippen molar-refractivity contribution in [3.8, 4) is 11.5 Å². The third-order valence-electron chi connectivity index (χ3n) is 8.13. The zero-order chi connectivity index (χ0) is 26.0. The molecule has 3 aliphatic rings. The number of carbonyl (C=O) groups excluding carboxylic acids is 2. The van der Waals surface area contributed by atoms with E-state index < -0.39 is 5.82 Å². The van der Waals surface area contributed by atoms with E-state index in [1.54, 1.807) is 19.2 Å². The topological polar surface area (TPSA) is 67.9 Å². The average molecular weight is 574 g/mol. The quantitative estimate of drug-likeness (QED) is 0.452. The molecule has 0 aromatic heterocycles. The second-order valence-corrected chi connectivity index (χ2v) is 11.8. The molecule has 2 aromatic rings. The van der Waals surface area contributed by atoms with Crippen molar-refractivity contribution in [3.63, 3.8) is 0 Å². The van der Waals surface area contributed by atoms with Crippen molar-refractivity contribution >= 4 is 27.7 Å². The zero-order valence-corrected chi connectivity index (χ0v) is 22.8. The molecule has 8 heteroatoms. The lowest BCUT2D eigenvalue weighted by Gasteiger charge is -2.37. The van der Waals surface area contributed by atoms with Crippen LogP contribution in [0.15, 0.2) is 40.9 Å². The fourth-order valence-electron chi connectivity index (χ4n) is 5.59. The van der Waals surface area contributed by atoms with Gasteiger partial charge in [-0.05, 0) is 86.6 Å². The predicted octanol–water partition coefficient (Wildman–Crippen LogP) is 5.52. The van der Waals surface area contributed by atoms with E-state index in [1.807, 2.05) is 23.1 Å². The third kappa shape index (κ3) is 6.28. The molecule has 2 amide bonds. The Morgan fingerprint density at radius 1 is 1.08 bits per heavy atom. The molecule has 1 aliphatic heterocycles. The van der Waals surface area contributed by atoms with Gasteiger partial charge in [-0.25, -0.2) is 4.39 Å². The van der Waals surface area contributed by atoms with Gasteiger partial charge in [0.15, 0.2) is 11.6 Å². The monoisotopic (exact) mass is 572 g/mol. The van der Waals surface area contributed by atoms with E-state index in [4.69, 9.17) is 9.47 Å². The zero-order valence-electron chi connectivity index (χ0n) is 21.2. The molecule has 0 atom stereocenters. The summed E-state index contributed by atoms with van der Waals surface area (Å²) < 4.78 is 26.3. The minimum absolute atomic E-state index is 0.0590. The van der Waals surface area contributed by atoms with E-state index in [0.29, 0.717) is 30.3 Å². The largest absolute Gasteiger partial charge is 0.496 e. The minimum Gasteiger partial charge on any atom is -0.496 e. The van der Waals surface area contributed by atoms with Crippen molar-refractivity contribution in [1.82, 2.24) is 10.2 Å². The molecule has 5 rings (SSSR count). The Balaban J connectivity index is 1.10. The first-order valence-electron chi connectivity index (χ1n) is 13.2. The van der Waals surface area contributed by atoms with E-state index in [-0.39, 0.29) is 29.0 Å². The van der Waals surface area contributed by atoms with Crippen LogP contribution >= 0.6 is 15.9 Å². The Kier molecular flexibility index (Phi) is 7.75. The molecule has 1 saturated heterocycles. The van der Waals surface area contributed by atoms with Gasteiger partial charge in [0.05, 0.1) is 20.1 Å². The summed E-state index contributed by atoms with van der Waals surface area (Å²) in [6.07, 6.45) is 7.24. The highest BCUT2D eigenvalue weighted by molar-refractivity contribution is 9.10. The lowest BCUT2D eigenvalue weighted by Crippen LogP contribution is -2.42. The van der Waals surface area contributed by atoms with Crippen LogP contribution in [0.2, 0.25) is 0 Å². The molecule has 2 saturated carbocycles. The number of methoxy groups -OCH3 is 1. The number of amides is 2. The van der Waals surface area contributed by atoms with Crippen LogP contribution in [0.1, 0.15) is 60.9 Å². The van der Waals surface area contributed by atoms with Crippen molar-refractivity contribution in [1.29, 1.82) is 0 Å². The standard InChI is InChI=1S/C29H34BrFN2O4/c1-36-26-16-22(30)6-4-20(26)15-27(34)33-13-12-29(18-33)10-8-23(9-11-29)32-28(35)21-5-7-25(24(31)14-21)37-17-19-2-3-19/h4-7,14,16,19,23H,2-3,8-13,15,17-18H2,1H3,(H,32,35). The Bertz CT molecular complexity index is 1160. The Morgan fingerprint density at radius 3 is 2.57 bits per heavy atom. The fraction of sp³-hybridized carbons (Fsp3) is 0.517. The van der Waals surface area contributed by atoms with Crippen molar-refractivity contribution in [2.24, 2.45) is 11.3 Å². The van der Waals surface area contributed by atoms with Gasteiger partial charge in [-0.3, -0.25) is 9.59 Å². The van der Waals surface area contributed by atoms with Crippen LogP contribution in [0.25, 0.3) is 0 Å². The molecule has 3 fully saturated rings. The van der Waals surface area contributed by atoms with Crippen molar-refractivity contribution < 1.29 is 23.5 Å². The highest BCUT2D eigenvalue weighted by Gasteiger charge is 2.42. The highest BCUT2D eigenvalue weighted by atomic mass is 79.9. The van der Waals surface area contributed by atoms with Gasteiger partial charge in [-0.1, -0.05) is 22.0 Å². The summed E-state index contributed by atoms with van der Waals surface area (Å²) in [5.41, 5.74) is 1.33. The predicted molar refractivity (Wildman–Crippen MR) is 142 cm³/mol. The number of ether oxygens (including phenoxy) is 2. The fourth-order valence-corrected chi connectivity index (χ4v) is 5.93. The van der Waals surface area contributed by atoms with Gasteiger partial charge in [-0.2, -0.15) is 0 Å². The van der Waals surface area contributed by atoms with Crippen LogP contribution in [0.3, 0.4) is 0 Å². The number of benzene rings is 2. The molecule has 198 valence electrons. The molecule has 2 aliphatic carbocycles. The lowest BCUT2D eigenvalue weighted by atomic mass is 9.72. The van der Waals surface area contributed by atoms with Crippen LogP contribution < -0.4 is 14.8 Å². The average Bonchev–Trinajstić information content (AvgIpc) is 3.64. The van der Waals surface area contributed by atoms with Gasteiger partial charge >= 0.3 is 0 Å². The summed E-state index contributed by atoms with van der Waals surface area (Å²) >= 11 is 3.44. The van der Waals surface area contributed by atoms with Gasteiger partial charge in [-0.15, -0.1) is 0 Å². The molecule has 0 bridgehead atoms. The van der Waals surface area contributed by atoms with Gasteiger partial charge in [0.1, 0.15) is 5.75 Å². The van der Waals surface area contributed by atoms with Crippen LogP contribution in [-0.4, -0.2) is 49.6 Å². The van der Waals surface area contributed by atoms with E-state index in [9.17, 15) is 14.0 Å². The minimum atomic E-state index is -0.493. The molecule has 6 nitrogen and oxygen atoms in total. The summed E-state index contributed by atoms with van der Waals surface area (Å²) in [4.78, 5) is 27.8. The molecule has 1 N–H and O–H groups in total. The molecular weight excluding hydrogens is 539 g/mol. The van der Waals surface area contributed by atoms with Crippen LogP contribution in [0.4, 0.5) is 4.39 Å². The smallest absolute Gasteiger partial charge is 0.251 e. The number of rotatable bonds is 8. The Morgan fingerprint density at radius 2 is 1.86 bits per heavy atom. The second kappa shape index (κ2) is 11.0. The summed E-state index contributed by atoms with van der Waals surface area (Å²) in [5, 5.41) is 3.09. The maximum absolute atomic E-state index is 14.4. The number of nitrogens with zero attached hydrogens (tertiary/aromatic N) is 1. The van der Waals surface area contributed by atoms with Crippen molar-refractivity contribution in [2.75, 3.05) is 26.8 Å². The molecule has 2 aromatic carbocycles. The number of hydrogen-bond acceptors (Lipinski definition) is 4. The summed E-state index contributed by atoms with van der Waals surface area (Å²) in [6.45, 7) is 2.07. The van der Waals surface area contributed by atoms with Gasteiger partial charge in [0.2, 0.25) is 5.91 Å². The summed E-state index contributed by atoms with van der Waals surface area (Å²) in [7, 11) is 1.62. The molecule has 37 heavy (non-hydrogen) atoms. The third-order valence-corrected chi connectivity index (χ3v) is 8.62. The Labute approximate surface area is 226 Å². The van der Waals surface area contributed by atoms with Gasteiger partial charge < -0.3 is 19.7 Å². The van der Waals surface area contributed by atoms with Crippen LogP contribution in [-0.2, 0) is 11.2 Å². The maximum atomic E-state index is 14.4. The van der Waals surface area contributed by atoms with Crippen LogP contribution in [0, 0.1) is 17.2 Å². The second-order valence-electron chi connectivity index (χ2n) is 10.8. The SMILES string of the molecule is COc1cc(Br)ccc1CC(=O)N1CCC2(CCC(NC(=O)c3ccc(OCC4CC4)c(F)c3)CC2)C1. The molecule has 1 spiro atoms. The maximum Gasteiger partial charge on any atom is 0.251 e. The summed E-state index contributed by atoms with van der Waals surface area (Å²) in [6, 6.07) is 10.3. The molecule has 0 unspecified atom stereocenters. The van der Waals surface area contributed by atoms with Gasteiger partial charge in [0.25, 0.3) is 5.91 Å². The number of halogens is 2. The molecular formula is C29H34BrFN2O4. The number of likely N-dealkylation sites (tertiary alicyclic amines) is 1. The van der Waals surface area contributed by atoms with E-state index in [2.05, 4.69) is 21.2 Å². The number of carbonyl (C=O) groups is 2. The molecule has 0 radical (unpaired) electrons. The van der Waals surface area contributed by atoms with E-state index in [1.165, 1.54) is 6.07 Å². The number of nitrogens with one attached hydrogen (secondary N) is 1. The first-order valence-corrected chi connectivity index (χ1v) is 14.0. The van der Waals surface area contributed by atoms with Crippen molar-refractivity contribution in [2.45, 2.75) is 57.4 Å². The van der Waals surface area contributed by atoms with Crippen LogP contribution in [0.5, 0.6) is 11.5 Å². The lowest BCUT2D eigenvalue weighted by molar-refractivity contribution is -0.130. The van der Waals surface area contributed by atoms with E-state index in [0.717, 1.165) is 68.1 Å². The van der Waals surface area contributed by atoms with Crippen molar-refractivity contribution in [3.05, 3.63) is 57.8 Å².